The Kier molecular flexibility index (Phi) is 5.01. The van der Waals surface area contributed by atoms with Gasteiger partial charge in [0.05, 0.1) is 32.8 Å². The molecular formula is C10H19NO4. The van der Waals surface area contributed by atoms with Crippen LogP contribution in [0, 0.1) is 0 Å². The van der Waals surface area contributed by atoms with E-state index in [-0.39, 0.29) is 12.4 Å². The Balaban J connectivity index is 2.51. The van der Waals surface area contributed by atoms with Gasteiger partial charge in [-0.05, 0) is 19.9 Å². The zero-order valence-corrected chi connectivity index (χ0v) is 9.16. The molecule has 0 amide bonds. The fourth-order valence-electron chi connectivity index (χ4n) is 1.69. The van der Waals surface area contributed by atoms with Crippen molar-refractivity contribution in [1.29, 1.82) is 0 Å². The summed E-state index contributed by atoms with van der Waals surface area (Å²) in [6, 6.07) is 0. The van der Waals surface area contributed by atoms with Crippen molar-refractivity contribution >= 4 is 5.97 Å². The van der Waals surface area contributed by atoms with Crippen molar-refractivity contribution in [2.24, 2.45) is 5.73 Å². The van der Waals surface area contributed by atoms with Crippen molar-refractivity contribution in [3.05, 3.63) is 0 Å². The second-order valence-electron chi connectivity index (χ2n) is 3.60. The van der Waals surface area contributed by atoms with Gasteiger partial charge in [0.15, 0.2) is 0 Å². The topological polar surface area (TPSA) is 70.8 Å². The zero-order valence-electron chi connectivity index (χ0n) is 9.16. The highest BCUT2D eigenvalue weighted by Crippen LogP contribution is 2.24. The van der Waals surface area contributed by atoms with Gasteiger partial charge in [0.1, 0.15) is 5.60 Å². The van der Waals surface area contributed by atoms with Crippen LogP contribution in [0.4, 0.5) is 0 Å². The van der Waals surface area contributed by atoms with Gasteiger partial charge >= 0.3 is 5.97 Å². The molecule has 5 heteroatoms. The summed E-state index contributed by atoms with van der Waals surface area (Å²) in [7, 11) is 0. The lowest BCUT2D eigenvalue weighted by molar-refractivity contribution is -0.178. The first-order chi connectivity index (χ1) is 7.22. The fraction of sp³-hybridized carbons (Fsp3) is 0.900. The van der Waals surface area contributed by atoms with E-state index in [4.69, 9.17) is 19.9 Å². The summed E-state index contributed by atoms with van der Waals surface area (Å²) >= 11 is 0. The third-order valence-electron chi connectivity index (χ3n) is 2.37. The van der Waals surface area contributed by atoms with Crippen LogP contribution in [0.3, 0.4) is 0 Å². The molecule has 0 bridgehead atoms. The minimum absolute atomic E-state index is 0.220. The van der Waals surface area contributed by atoms with Crippen LogP contribution < -0.4 is 5.73 Å². The molecule has 1 aliphatic rings. The molecule has 88 valence electrons. The molecule has 0 aromatic carbocycles. The molecule has 5 nitrogen and oxygen atoms in total. The van der Waals surface area contributed by atoms with Crippen LogP contribution in [0.15, 0.2) is 0 Å². The van der Waals surface area contributed by atoms with Crippen molar-refractivity contribution < 1.29 is 19.0 Å². The van der Waals surface area contributed by atoms with Gasteiger partial charge in [0, 0.05) is 0 Å². The van der Waals surface area contributed by atoms with Crippen LogP contribution in [0.25, 0.3) is 0 Å². The van der Waals surface area contributed by atoms with E-state index in [0.29, 0.717) is 39.4 Å². The average molecular weight is 217 g/mol. The summed E-state index contributed by atoms with van der Waals surface area (Å²) in [6.07, 6.45) is 0.837. The van der Waals surface area contributed by atoms with Crippen LogP contribution in [0.2, 0.25) is 0 Å². The van der Waals surface area contributed by atoms with Crippen LogP contribution in [-0.4, -0.2) is 44.5 Å². The molecule has 15 heavy (non-hydrogen) atoms. The van der Waals surface area contributed by atoms with E-state index in [1.54, 1.807) is 6.92 Å². The first-order valence-electron chi connectivity index (χ1n) is 5.30. The highest BCUT2D eigenvalue weighted by Gasteiger charge is 2.36. The lowest BCUT2D eigenvalue weighted by Crippen LogP contribution is -2.46. The first-order valence-corrected chi connectivity index (χ1v) is 5.30. The minimum atomic E-state index is -0.570. The number of carbonyl (C=O) groups is 1. The molecular weight excluding hydrogens is 198 g/mol. The molecule has 1 heterocycles. The number of hydrogen-bond donors (Lipinski definition) is 1. The van der Waals surface area contributed by atoms with Gasteiger partial charge in [-0.3, -0.25) is 4.79 Å². The number of ether oxygens (including phenoxy) is 3. The van der Waals surface area contributed by atoms with Gasteiger partial charge in [0.25, 0.3) is 0 Å². The Hall–Kier alpha value is -0.650. The molecule has 0 saturated carbocycles. The van der Waals surface area contributed by atoms with Gasteiger partial charge < -0.3 is 19.9 Å². The third kappa shape index (κ3) is 3.77. The molecule has 1 aliphatic heterocycles. The third-order valence-corrected chi connectivity index (χ3v) is 2.37. The lowest BCUT2D eigenvalue weighted by atomic mass is 9.95. The van der Waals surface area contributed by atoms with Crippen LogP contribution in [0.1, 0.15) is 19.8 Å². The maximum absolute atomic E-state index is 11.4. The maximum atomic E-state index is 11.4. The molecule has 1 unspecified atom stereocenters. The van der Waals surface area contributed by atoms with E-state index in [2.05, 4.69) is 0 Å². The van der Waals surface area contributed by atoms with E-state index in [1.807, 2.05) is 0 Å². The van der Waals surface area contributed by atoms with Gasteiger partial charge in [0.2, 0.25) is 0 Å². The van der Waals surface area contributed by atoms with E-state index in [9.17, 15) is 4.79 Å². The molecule has 2 N–H and O–H groups in total. The average Bonchev–Trinajstić information content (AvgIpc) is 2.19. The highest BCUT2D eigenvalue weighted by molar-refractivity contribution is 5.70. The second-order valence-corrected chi connectivity index (χ2v) is 3.60. The van der Waals surface area contributed by atoms with Crippen molar-refractivity contribution in [3.8, 4) is 0 Å². The maximum Gasteiger partial charge on any atom is 0.308 e. The van der Waals surface area contributed by atoms with Crippen molar-refractivity contribution in [2.45, 2.75) is 25.4 Å². The highest BCUT2D eigenvalue weighted by atomic mass is 16.6. The van der Waals surface area contributed by atoms with E-state index in [0.717, 1.165) is 0 Å². The van der Waals surface area contributed by atoms with Crippen LogP contribution in [-0.2, 0) is 19.0 Å². The quantitative estimate of drug-likeness (QED) is 0.660. The molecule has 1 rings (SSSR count). The second kappa shape index (κ2) is 6.05. The molecule has 0 aliphatic carbocycles. The van der Waals surface area contributed by atoms with Gasteiger partial charge in [-0.15, -0.1) is 0 Å². The van der Waals surface area contributed by atoms with Gasteiger partial charge in [-0.25, -0.2) is 0 Å². The zero-order chi connectivity index (χ0) is 11.1. The number of nitrogens with two attached hydrogens (primary N) is 1. The first kappa shape index (κ1) is 12.4. The summed E-state index contributed by atoms with van der Waals surface area (Å²) in [5, 5.41) is 0. The van der Waals surface area contributed by atoms with E-state index >= 15 is 0 Å². The van der Waals surface area contributed by atoms with Crippen LogP contribution >= 0.6 is 0 Å². The summed E-state index contributed by atoms with van der Waals surface area (Å²) in [4.78, 5) is 11.4. The fourth-order valence-corrected chi connectivity index (χ4v) is 1.69. The normalized spacial score (nSPS) is 26.3. The Morgan fingerprint density at radius 1 is 1.53 bits per heavy atom. The Morgan fingerprint density at radius 3 is 2.87 bits per heavy atom. The lowest BCUT2D eigenvalue weighted by Gasteiger charge is -2.36. The SMILES string of the molecule is CCOC(=O)CC1(CCN)COCCO1. The largest absolute Gasteiger partial charge is 0.466 e. The minimum Gasteiger partial charge on any atom is -0.466 e. The van der Waals surface area contributed by atoms with Crippen molar-refractivity contribution in [2.75, 3.05) is 33.0 Å². The number of esters is 1. The van der Waals surface area contributed by atoms with Gasteiger partial charge in [-0.2, -0.15) is 0 Å². The molecule has 0 aromatic rings. The number of hydrogen-bond acceptors (Lipinski definition) is 5. The monoisotopic (exact) mass is 217 g/mol. The molecule has 0 aromatic heterocycles. The molecule has 0 radical (unpaired) electrons. The van der Waals surface area contributed by atoms with Crippen molar-refractivity contribution in [3.63, 3.8) is 0 Å². The Bertz CT molecular complexity index is 196. The predicted octanol–water partition coefficient (Wildman–Crippen LogP) is 0.0740. The molecule has 1 fully saturated rings. The molecule has 1 saturated heterocycles. The van der Waals surface area contributed by atoms with Crippen LogP contribution in [0.5, 0.6) is 0 Å². The van der Waals surface area contributed by atoms with E-state index < -0.39 is 5.60 Å². The number of rotatable bonds is 5. The smallest absolute Gasteiger partial charge is 0.308 e. The summed E-state index contributed by atoms with van der Waals surface area (Å²) in [5.74, 6) is -0.253. The van der Waals surface area contributed by atoms with Gasteiger partial charge in [-0.1, -0.05) is 0 Å². The Morgan fingerprint density at radius 2 is 2.33 bits per heavy atom. The van der Waals surface area contributed by atoms with E-state index in [1.165, 1.54) is 0 Å². The number of carbonyl (C=O) groups excluding carboxylic acids is 1. The predicted molar refractivity (Wildman–Crippen MR) is 54.4 cm³/mol. The molecule has 0 spiro atoms. The standard InChI is InChI=1S/C10H19NO4/c1-2-14-9(12)7-10(3-4-11)8-13-5-6-15-10/h2-8,11H2,1H3. The summed E-state index contributed by atoms with van der Waals surface area (Å²) in [5.41, 5.74) is 4.94. The van der Waals surface area contributed by atoms with Crippen molar-refractivity contribution in [1.82, 2.24) is 0 Å². The molecule has 1 atom stereocenters. The summed E-state index contributed by atoms with van der Waals surface area (Å²) < 4.78 is 15.8. The Labute approximate surface area is 89.9 Å². The summed E-state index contributed by atoms with van der Waals surface area (Å²) in [6.45, 7) is 4.16.